The number of fused-ring (bicyclic) bond motifs is 1. The highest BCUT2D eigenvalue weighted by atomic mass is 32.1. The van der Waals surface area contributed by atoms with Crippen molar-refractivity contribution in [3.8, 4) is 0 Å². The molecule has 1 N–H and O–H groups in total. The number of hydrogen-bond donors (Lipinski definition) is 1. The van der Waals surface area contributed by atoms with Gasteiger partial charge in [-0.15, -0.1) is 0 Å². The fourth-order valence-electron chi connectivity index (χ4n) is 1.38. The molecule has 0 spiro atoms. The predicted octanol–water partition coefficient (Wildman–Crippen LogP) is 3.78. The first-order valence-electron chi connectivity index (χ1n) is 5.69. The summed E-state index contributed by atoms with van der Waals surface area (Å²) in [5, 5.41) is 2.95. The van der Waals surface area contributed by atoms with Crippen molar-refractivity contribution < 1.29 is 13.9 Å². The second-order valence-electron chi connectivity index (χ2n) is 3.75. The Bertz CT molecular complexity index is 556. The Kier molecular flexibility index (Phi) is 4.09. The maximum absolute atomic E-state index is 13.0. The molecule has 2 aromatic rings. The third-order valence-corrected chi connectivity index (χ3v) is 3.22. The van der Waals surface area contributed by atoms with Gasteiger partial charge in [-0.2, -0.15) is 0 Å². The Morgan fingerprint density at radius 2 is 2.39 bits per heavy atom. The number of nitrogens with zero attached hydrogens (tertiary/aromatic N) is 1. The number of rotatable bonds is 4. The van der Waals surface area contributed by atoms with Crippen LogP contribution in [-0.2, 0) is 4.74 Å². The van der Waals surface area contributed by atoms with Crippen LogP contribution in [0.15, 0.2) is 18.2 Å². The molecule has 1 heterocycles. The summed E-state index contributed by atoms with van der Waals surface area (Å²) < 4.78 is 18.6. The van der Waals surface area contributed by atoms with Gasteiger partial charge in [-0.1, -0.05) is 24.7 Å². The predicted molar refractivity (Wildman–Crippen MR) is 69.5 cm³/mol. The van der Waals surface area contributed by atoms with E-state index in [2.05, 4.69) is 10.3 Å². The average molecular weight is 268 g/mol. The molecule has 0 bridgehead atoms. The van der Waals surface area contributed by atoms with Crippen LogP contribution in [0.2, 0.25) is 0 Å². The number of carbonyl (C=O) groups excluding carboxylic acids is 1. The molecule has 0 aliphatic rings. The molecule has 0 fully saturated rings. The molecule has 1 amide bonds. The fourth-order valence-corrected chi connectivity index (χ4v) is 2.26. The van der Waals surface area contributed by atoms with Crippen molar-refractivity contribution in [2.24, 2.45) is 0 Å². The molecule has 0 aliphatic carbocycles. The minimum absolute atomic E-state index is 0.316. The van der Waals surface area contributed by atoms with E-state index in [1.54, 1.807) is 6.07 Å². The number of halogens is 1. The van der Waals surface area contributed by atoms with Crippen molar-refractivity contribution in [1.82, 2.24) is 4.98 Å². The summed E-state index contributed by atoms with van der Waals surface area (Å²) in [4.78, 5) is 15.6. The first kappa shape index (κ1) is 12.8. The summed E-state index contributed by atoms with van der Waals surface area (Å²) in [6, 6.07) is 4.31. The van der Waals surface area contributed by atoms with Gasteiger partial charge in [-0.3, -0.25) is 5.32 Å². The number of anilines is 1. The highest BCUT2D eigenvalue weighted by Crippen LogP contribution is 2.26. The van der Waals surface area contributed by atoms with Crippen LogP contribution in [0.1, 0.15) is 19.8 Å². The second kappa shape index (κ2) is 5.77. The van der Waals surface area contributed by atoms with Crippen molar-refractivity contribution in [3.05, 3.63) is 24.0 Å². The highest BCUT2D eigenvalue weighted by molar-refractivity contribution is 7.22. The van der Waals surface area contributed by atoms with E-state index in [-0.39, 0.29) is 5.82 Å². The number of hydrogen-bond acceptors (Lipinski definition) is 4. The lowest BCUT2D eigenvalue weighted by Gasteiger charge is -2.02. The molecule has 1 aromatic carbocycles. The quantitative estimate of drug-likeness (QED) is 0.858. The molecule has 0 unspecified atom stereocenters. The molecule has 96 valence electrons. The van der Waals surface area contributed by atoms with E-state index in [9.17, 15) is 9.18 Å². The maximum atomic E-state index is 13.0. The van der Waals surface area contributed by atoms with Gasteiger partial charge >= 0.3 is 6.09 Å². The van der Waals surface area contributed by atoms with Crippen molar-refractivity contribution in [1.29, 1.82) is 0 Å². The molecular weight excluding hydrogens is 255 g/mol. The Hall–Kier alpha value is -1.69. The lowest BCUT2D eigenvalue weighted by atomic mass is 10.3. The second-order valence-corrected chi connectivity index (χ2v) is 4.78. The zero-order chi connectivity index (χ0) is 13.0. The van der Waals surface area contributed by atoms with E-state index >= 15 is 0 Å². The Morgan fingerprint density at radius 3 is 3.17 bits per heavy atom. The van der Waals surface area contributed by atoms with Gasteiger partial charge in [0.2, 0.25) is 0 Å². The molecule has 2 rings (SSSR count). The summed E-state index contributed by atoms with van der Waals surface area (Å²) in [5.41, 5.74) is 0.658. The number of aromatic nitrogens is 1. The Labute approximate surface area is 108 Å². The van der Waals surface area contributed by atoms with Crippen LogP contribution < -0.4 is 5.32 Å². The number of carbonyl (C=O) groups is 1. The van der Waals surface area contributed by atoms with Gasteiger partial charge < -0.3 is 4.74 Å². The number of ether oxygens (including phenoxy) is 1. The summed E-state index contributed by atoms with van der Waals surface area (Å²) in [7, 11) is 0. The largest absolute Gasteiger partial charge is 0.449 e. The Balaban J connectivity index is 2.01. The monoisotopic (exact) mass is 268 g/mol. The standard InChI is InChI=1S/C12H13FN2O2S/c1-2-3-6-17-12(16)15-11-14-9-5-4-8(13)7-10(9)18-11/h4-5,7H,2-3,6H2,1H3,(H,14,15,16). The number of thiazole rings is 1. The van der Waals surface area contributed by atoms with Crippen LogP contribution in [0.4, 0.5) is 14.3 Å². The number of unbranched alkanes of at least 4 members (excludes halogenated alkanes) is 1. The molecule has 0 atom stereocenters. The van der Waals surface area contributed by atoms with Crippen LogP contribution in [-0.4, -0.2) is 17.7 Å². The fraction of sp³-hybridized carbons (Fsp3) is 0.333. The van der Waals surface area contributed by atoms with Crippen molar-refractivity contribution in [2.75, 3.05) is 11.9 Å². The normalized spacial score (nSPS) is 10.6. The Morgan fingerprint density at radius 1 is 1.56 bits per heavy atom. The van der Waals surface area contributed by atoms with Gasteiger partial charge in [-0.25, -0.2) is 14.2 Å². The van der Waals surface area contributed by atoms with Crippen LogP contribution >= 0.6 is 11.3 Å². The van der Waals surface area contributed by atoms with E-state index < -0.39 is 6.09 Å². The first-order valence-corrected chi connectivity index (χ1v) is 6.50. The molecular formula is C12H13FN2O2S. The molecule has 0 radical (unpaired) electrons. The van der Waals surface area contributed by atoms with Gasteiger partial charge in [0, 0.05) is 0 Å². The maximum Gasteiger partial charge on any atom is 0.413 e. The van der Waals surface area contributed by atoms with Crippen LogP contribution in [0.25, 0.3) is 10.2 Å². The summed E-state index contributed by atoms with van der Waals surface area (Å²) in [6.45, 7) is 2.41. The molecule has 0 saturated heterocycles. The molecule has 6 heteroatoms. The van der Waals surface area contributed by atoms with Gasteiger partial charge in [0.1, 0.15) is 5.82 Å². The van der Waals surface area contributed by atoms with Gasteiger partial charge in [0.05, 0.1) is 16.8 Å². The van der Waals surface area contributed by atoms with Crippen molar-refractivity contribution in [2.45, 2.75) is 19.8 Å². The SMILES string of the molecule is CCCCOC(=O)Nc1nc2ccc(F)cc2s1. The molecule has 0 saturated carbocycles. The number of amides is 1. The van der Waals surface area contributed by atoms with Crippen LogP contribution in [0, 0.1) is 5.82 Å². The van der Waals surface area contributed by atoms with Crippen LogP contribution in [0.5, 0.6) is 0 Å². The molecule has 18 heavy (non-hydrogen) atoms. The number of benzene rings is 1. The molecule has 4 nitrogen and oxygen atoms in total. The smallest absolute Gasteiger partial charge is 0.413 e. The first-order chi connectivity index (χ1) is 8.69. The third kappa shape index (κ3) is 3.16. The summed E-state index contributed by atoms with van der Waals surface area (Å²) in [5.74, 6) is -0.316. The summed E-state index contributed by atoms with van der Waals surface area (Å²) in [6.07, 6.45) is 1.27. The third-order valence-electron chi connectivity index (χ3n) is 2.29. The van der Waals surface area contributed by atoms with Gasteiger partial charge in [0.25, 0.3) is 0 Å². The van der Waals surface area contributed by atoms with E-state index in [1.165, 1.54) is 23.5 Å². The minimum atomic E-state index is -0.525. The summed E-state index contributed by atoms with van der Waals surface area (Å²) >= 11 is 1.22. The average Bonchev–Trinajstić information content (AvgIpc) is 2.70. The molecule has 1 aromatic heterocycles. The zero-order valence-corrected chi connectivity index (χ0v) is 10.7. The lowest BCUT2D eigenvalue weighted by molar-refractivity contribution is 0.160. The van der Waals surface area contributed by atoms with E-state index in [0.29, 0.717) is 22.0 Å². The lowest BCUT2D eigenvalue weighted by Crippen LogP contribution is -2.13. The zero-order valence-electron chi connectivity index (χ0n) is 9.90. The molecule has 0 aliphatic heterocycles. The van der Waals surface area contributed by atoms with Gasteiger partial charge in [0.15, 0.2) is 5.13 Å². The van der Waals surface area contributed by atoms with E-state index in [0.717, 1.165) is 12.8 Å². The van der Waals surface area contributed by atoms with Crippen molar-refractivity contribution >= 4 is 32.8 Å². The van der Waals surface area contributed by atoms with E-state index in [4.69, 9.17) is 4.74 Å². The number of nitrogens with one attached hydrogen (secondary N) is 1. The van der Waals surface area contributed by atoms with Crippen LogP contribution in [0.3, 0.4) is 0 Å². The van der Waals surface area contributed by atoms with Gasteiger partial charge in [-0.05, 0) is 24.6 Å². The topological polar surface area (TPSA) is 51.2 Å². The highest BCUT2D eigenvalue weighted by Gasteiger charge is 2.08. The minimum Gasteiger partial charge on any atom is -0.449 e. The van der Waals surface area contributed by atoms with Crippen molar-refractivity contribution in [3.63, 3.8) is 0 Å². The van der Waals surface area contributed by atoms with E-state index in [1.807, 2.05) is 6.92 Å².